The van der Waals surface area contributed by atoms with Crippen LogP contribution in [0.15, 0.2) is 59.4 Å². The Hall–Kier alpha value is -2.90. The zero-order valence-corrected chi connectivity index (χ0v) is 17.6. The van der Waals surface area contributed by atoms with Gasteiger partial charge < -0.3 is 10.2 Å². The molecule has 1 unspecified atom stereocenters. The van der Waals surface area contributed by atoms with Crippen LogP contribution in [0.25, 0.3) is 11.0 Å². The van der Waals surface area contributed by atoms with Crippen LogP contribution in [0.1, 0.15) is 11.6 Å². The summed E-state index contributed by atoms with van der Waals surface area (Å²) < 4.78 is 3.13. The lowest BCUT2D eigenvalue weighted by molar-refractivity contribution is -0.122. The van der Waals surface area contributed by atoms with Gasteiger partial charge in [-0.3, -0.25) is 18.8 Å². The van der Waals surface area contributed by atoms with E-state index in [2.05, 4.69) is 22.2 Å². The lowest BCUT2D eigenvalue weighted by atomic mass is 10.1. The summed E-state index contributed by atoms with van der Waals surface area (Å²) in [5.74, 6) is -0.156. The summed E-state index contributed by atoms with van der Waals surface area (Å²) in [6, 6.07) is 17.5. The number of rotatable bonds is 6. The molecule has 0 saturated carbocycles. The number of piperazine rings is 1. The number of aromatic nitrogens is 2. The van der Waals surface area contributed by atoms with Crippen molar-refractivity contribution in [3.63, 3.8) is 0 Å². The standard InChI is InChI=1S/C23H29N5O2/c1-25-12-14-27(15-13-25)16-19(18-8-4-3-5-9-18)24-22(29)17-28-21-11-7-6-10-20(21)26(2)23(28)30/h3-11,19H,12-17H2,1-2H3,(H,24,29). The predicted molar refractivity (Wildman–Crippen MR) is 118 cm³/mol. The minimum atomic E-state index is -0.179. The van der Waals surface area contributed by atoms with Crippen molar-refractivity contribution in [3.05, 3.63) is 70.6 Å². The Balaban J connectivity index is 1.52. The molecule has 1 fully saturated rings. The molecule has 7 heteroatoms. The summed E-state index contributed by atoms with van der Waals surface area (Å²) >= 11 is 0. The normalized spacial score (nSPS) is 16.6. The number of para-hydroxylation sites is 2. The Kier molecular flexibility index (Phi) is 6.01. The van der Waals surface area contributed by atoms with Crippen molar-refractivity contribution >= 4 is 16.9 Å². The van der Waals surface area contributed by atoms with Crippen LogP contribution >= 0.6 is 0 Å². The molecule has 0 radical (unpaired) electrons. The molecular formula is C23H29N5O2. The van der Waals surface area contributed by atoms with Crippen molar-refractivity contribution in [1.82, 2.24) is 24.3 Å². The van der Waals surface area contributed by atoms with Crippen LogP contribution in [0.4, 0.5) is 0 Å². The zero-order valence-electron chi connectivity index (χ0n) is 17.6. The summed E-state index contributed by atoms with van der Waals surface area (Å²) in [5, 5.41) is 3.18. The van der Waals surface area contributed by atoms with Crippen LogP contribution < -0.4 is 11.0 Å². The highest BCUT2D eigenvalue weighted by atomic mass is 16.2. The molecule has 1 N–H and O–H groups in total. The second kappa shape index (κ2) is 8.85. The van der Waals surface area contributed by atoms with Gasteiger partial charge in [-0.1, -0.05) is 42.5 Å². The minimum Gasteiger partial charge on any atom is -0.346 e. The average Bonchev–Trinajstić information content (AvgIpc) is 3.00. The molecule has 7 nitrogen and oxygen atoms in total. The fraction of sp³-hybridized carbons (Fsp3) is 0.391. The highest BCUT2D eigenvalue weighted by Crippen LogP contribution is 2.16. The third kappa shape index (κ3) is 4.32. The van der Waals surface area contributed by atoms with Crippen molar-refractivity contribution in [2.75, 3.05) is 39.8 Å². The number of carbonyl (C=O) groups is 1. The number of carbonyl (C=O) groups excluding carboxylic acids is 1. The van der Waals surface area contributed by atoms with Crippen LogP contribution in [-0.4, -0.2) is 64.6 Å². The first kappa shape index (κ1) is 20.4. The number of amides is 1. The number of nitrogens with one attached hydrogen (secondary N) is 1. The molecular weight excluding hydrogens is 378 g/mol. The predicted octanol–water partition coefficient (Wildman–Crippen LogP) is 1.44. The minimum absolute atomic E-state index is 0.00621. The van der Waals surface area contributed by atoms with E-state index in [0.29, 0.717) is 0 Å². The molecule has 3 aromatic rings. The van der Waals surface area contributed by atoms with Gasteiger partial charge in [-0.25, -0.2) is 4.79 Å². The molecule has 1 saturated heterocycles. The molecule has 0 bridgehead atoms. The third-order valence-electron chi connectivity index (χ3n) is 5.93. The van der Waals surface area contributed by atoms with Crippen LogP contribution in [0, 0.1) is 0 Å². The Labute approximate surface area is 176 Å². The van der Waals surface area contributed by atoms with E-state index in [1.54, 1.807) is 16.2 Å². The number of aryl methyl sites for hydroxylation is 1. The first-order valence-electron chi connectivity index (χ1n) is 10.4. The van der Waals surface area contributed by atoms with E-state index in [9.17, 15) is 9.59 Å². The van der Waals surface area contributed by atoms with Crippen LogP contribution in [0.3, 0.4) is 0 Å². The molecule has 0 aliphatic carbocycles. The maximum atomic E-state index is 13.0. The average molecular weight is 408 g/mol. The topological polar surface area (TPSA) is 62.5 Å². The van der Waals surface area contributed by atoms with E-state index in [-0.39, 0.29) is 24.2 Å². The van der Waals surface area contributed by atoms with Crippen LogP contribution in [0.5, 0.6) is 0 Å². The van der Waals surface area contributed by atoms with E-state index < -0.39 is 0 Å². The lowest BCUT2D eigenvalue weighted by Crippen LogP contribution is -2.48. The Bertz CT molecular complexity index is 1060. The number of hydrogen-bond donors (Lipinski definition) is 1. The number of imidazole rings is 1. The fourth-order valence-electron chi connectivity index (χ4n) is 4.11. The first-order chi connectivity index (χ1) is 14.5. The van der Waals surface area contributed by atoms with Crippen LogP contribution in [0.2, 0.25) is 0 Å². The van der Waals surface area contributed by atoms with E-state index >= 15 is 0 Å². The molecule has 1 aliphatic heterocycles. The lowest BCUT2D eigenvalue weighted by Gasteiger charge is -2.35. The largest absolute Gasteiger partial charge is 0.346 e. The summed E-state index contributed by atoms with van der Waals surface area (Å²) in [6.07, 6.45) is 0. The number of fused-ring (bicyclic) bond motifs is 1. The van der Waals surface area contributed by atoms with Crippen molar-refractivity contribution in [3.8, 4) is 0 Å². The monoisotopic (exact) mass is 407 g/mol. The van der Waals surface area contributed by atoms with Gasteiger partial charge >= 0.3 is 5.69 Å². The van der Waals surface area contributed by atoms with E-state index in [0.717, 1.165) is 49.3 Å². The van der Waals surface area contributed by atoms with Gasteiger partial charge in [0.15, 0.2) is 0 Å². The van der Waals surface area contributed by atoms with Gasteiger partial charge in [0.2, 0.25) is 5.91 Å². The van der Waals surface area contributed by atoms with Crippen molar-refractivity contribution in [2.24, 2.45) is 7.05 Å². The number of benzene rings is 2. The Morgan fingerprint density at radius 1 is 0.933 bits per heavy atom. The summed E-state index contributed by atoms with van der Waals surface area (Å²) in [7, 11) is 3.87. The molecule has 1 aromatic heterocycles. The van der Waals surface area contributed by atoms with E-state index in [4.69, 9.17) is 0 Å². The number of likely N-dealkylation sites (N-methyl/N-ethyl adjacent to an activating group) is 1. The summed E-state index contributed by atoms with van der Waals surface area (Å²) in [6.45, 7) is 4.79. The van der Waals surface area contributed by atoms with E-state index in [1.165, 1.54) is 0 Å². The summed E-state index contributed by atoms with van der Waals surface area (Å²) in [4.78, 5) is 30.4. The molecule has 2 aromatic carbocycles. The zero-order chi connectivity index (χ0) is 21.1. The third-order valence-corrected chi connectivity index (χ3v) is 5.93. The second-order valence-electron chi connectivity index (χ2n) is 8.05. The second-order valence-corrected chi connectivity index (χ2v) is 8.05. The van der Waals surface area contributed by atoms with Gasteiger partial charge in [-0.15, -0.1) is 0 Å². The van der Waals surface area contributed by atoms with Gasteiger partial charge in [0.25, 0.3) is 0 Å². The first-order valence-corrected chi connectivity index (χ1v) is 10.4. The molecule has 0 spiro atoms. The van der Waals surface area contributed by atoms with Gasteiger partial charge in [-0.2, -0.15) is 0 Å². The van der Waals surface area contributed by atoms with Crippen LogP contribution in [-0.2, 0) is 18.4 Å². The van der Waals surface area contributed by atoms with Crippen molar-refractivity contribution in [1.29, 1.82) is 0 Å². The SMILES string of the molecule is CN1CCN(CC(NC(=O)Cn2c(=O)n(C)c3ccccc32)c2ccccc2)CC1. The highest BCUT2D eigenvalue weighted by Gasteiger charge is 2.22. The van der Waals surface area contributed by atoms with Crippen molar-refractivity contribution < 1.29 is 4.79 Å². The molecule has 30 heavy (non-hydrogen) atoms. The van der Waals surface area contributed by atoms with E-state index in [1.807, 2.05) is 54.6 Å². The van der Waals surface area contributed by atoms with Gasteiger partial charge in [0.05, 0.1) is 17.1 Å². The summed E-state index contributed by atoms with van der Waals surface area (Å²) in [5.41, 5.74) is 2.50. The quantitative estimate of drug-likeness (QED) is 0.672. The molecule has 1 aliphatic rings. The molecule has 1 amide bonds. The molecule has 1 atom stereocenters. The fourth-order valence-corrected chi connectivity index (χ4v) is 4.11. The number of hydrogen-bond acceptors (Lipinski definition) is 4. The highest BCUT2D eigenvalue weighted by molar-refractivity contribution is 5.81. The van der Waals surface area contributed by atoms with Crippen molar-refractivity contribution in [2.45, 2.75) is 12.6 Å². The molecule has 4 rings (SSSR count). The maximum Gasteiger partial charge on any atom is 0.329 e. The van der Waals surface area contributed by atoms with Gasteiger partial charge in [0, 0.05) is 39.8 Å². The Morgan fingerprint density at radius 2 is 1.57 bits per heavy atom. The molecule has 158 valence electrons. The maximum absolute atomic E-state index is 13.0. The smallest absolute Gasteiger partial charge is 0.329 e. The van der Waals surface area contributed by atoms with Gasteiger partial charge in [-0.05, 0) is 24.7 Å². The Morgan fingerprint density at radius 3 is 2.27 bits per heavy atom. The van der Waals surface area contributed by atoms with Gasteiger partial charge in [0.1, 0.15) is 6.54 Å². The molecule has 2 heterocycles. The number of nitrogens with zero attached hydrogens (tertiary/aromatic N) is 4.